The molecule has 21 heavy (non-hydrogen) atoms. The average molecular weight is 326 g/mol. The maximum Gasteiger partial charge on any atom is 0.243 e. The van der Waals surface area contributed by atoms with Crippen LogP contribution in [0.1, 0.15) is 37.8 Å². The van der Waals surface area contributed by atoms with Gasteiger partial charge in [0.15, 0.2) is 0 Å². The van der Waals surface area contributed by atoms with Crippen LogP contribution in [-0.2, 0) is 10.0 Å². The number of sulfonamides is 1. The molecule has 0 spiro atoms. The lowest BCUT2D eigenvalue weighted by Gasteiger charge is -2.27. The number of benzene rings is 1. The van der Waals surface area contributed by atoms with Crippen LogP contribution < -0.4 is 5.73 Å². The third kappa shape index (κ3) is 3.12. The molecule has 0 bridgehead atoms. The fourth-order valence-electron chi connectivity index (χ4n) is 2.94. The van der Waals surface area contributed by atoms with Crippen LogP contribution >= 0.6 is 12.2 Å². The summed E-state index contributed by atoms with van der Waals surface area (Å²) in [5.74, 6) is 0.319. The van der Waals surface area contributed by atoms with Crippen molar-refractivity contribution in [1.29, 1.82) is 0 Å². The monoisotopic (exact) mass is 326 g/mol. The van der Waals surface area contributed by atoms with Gasteiger partial charge in [-0.1, -0.05) is 32.1 Å². The third-order valence-corrected chi connectivity index (χ3v) is 6.23. The molecule has 0 aliphatic carbocycles. The predicted molar refractivity (Wildman–Crippen MR) is 88.8 cm³/mol. The van der Waals surface area contributed by atoms with Crippen molar-refractivity contribution in [3.8, 4) is 0 Å². The molecule has 2 N–H and O–H groups in total. The lowest BCUT2D eigenvalue weighted by Crippen LogP contribution is -2.38. The highest BCUT2D eigenvalue weighted by Crippen LogP contribution is 2.30. The second-order valence-electron chi connectivity index (χ2n) is 5.91. The highest BCUT2D eigenvalue weighted by molar-refractivity contribution is 7.89. The molecule has 1 aliphatic heterocycles. The van der Waals surface area contributed by atoms with Crippen LogP contribution in [0.15, 0.2) is 23.1 Å². The van der Waals surface area contributed by atoms with Gasteiger partial charge < -0.3 is 5.73 Å². The minimum absolute atomic E-state index is 0.0885. The molecule has 6 heteroatoms. The second kappa shape index (κ2) is 6.02. The van der Waals surface area contributed by atoms with Crippen molar-refractivity contribution in [3.63, 3.8) is 0 Å². The summed E-state index contributed by atoms with van der Waals surface area (Å²) < 4.78 is 27.3. The van der Waals surface area contributed by atoms with Gasteiger partial charge in [-0.2, -0.15) is 4.31 Å². The van der Waals surface area contributed by atoms with Crippen molar-refractivity contribution >= 4 is 27.2 Å². The van der Waals surface area contributed by atoms with E-state index in [2.05, 4.69) is 13.8 Å². The van der Waals surface area contributed by atoms with E-state index in [1.54, 1.807) is 22.5 Å². The number of rotatable bonds is 4. The first-order chi connectivity index (χ1) is 9.75. The summed E-state index contributed by atoms with van der Waals surface area (Å²) in [6.07, 6.45) is 1.85. The highest BCUT2D eigenvalue weighted by Gasteiger charge is 2.36. The fraction of sp³-hybridized carbons (Fsp3) is 0.533. The highest BCUT2D eigenvalue weighted by atomic mass is 32.2. The second-order valence-corrected chi connectivity index (χ2v) is 8.24. The van der Waals surface area contributed by atoms with Crippen LogP contribution in [0.3, 0.4) is 0 Å². The molecule has 1 fully saturated rings. The van der Waals surface area contributed by atoms with Gasteiger partial charge in [0.05, 0.1) is 4.90 Å². The normalized spacial score (nSPS) is 20.1. The van der Waals surface area contributed by atoms with Gasteiger partial charge in [-0.15, -0.1) is 0 Å². The summed E-state index contributed by atoms with van der Waals surface area (Å²) in [5.41, 5.74) is 7.15. The molecule has 4 nitrogen and oxygen atoms in total. The molecule has 2 rings (SSSR count). The molecule has 1 unspecified atom stereocenters. The van der Waals surface area contributed by atoms with E-state index in [4.69, 9.17) is 18.0 Å². The van der Waals surface area contributed by atoms with E-state index in [9.17, 15) is 8.42 Å². The Hall–Kier alpha value is -0.980. The number of nitrogens with two attached hydrogens (primary N) is 1. The average Bonchev–Trinajstić information content (AvgIpc) is 2.88. The van der Waals surface area contributed by atoms with Crippen molar-refractivity contribution in [2.45, 2.75) is 44.6 Å². The van der Waals surface area contributed by atoms with E-state index in [1.807, 2.05) is 6.92 Å². The van der Waals surface area contributed by atoms with Crippen molar-refractivity contribution in [3.05, 3.63) is 29.3 Å². The third-order valence-electron chi connectivity index (χ3n) is 4.09. The Morgan fingerprint density at radius 1 is 1.43 bits per heavy atom. The Morgan fingerprint density at radius 2 is 2.10 bits per heavy atom. The molecule has 1 aromatic rings. The topological polar surface area (TPSA) is 63.4 Å². The van der Waals surface area contributed by atoms with Gasteiger partial charge in [-0.05, 0) is 43.4 Å². The van der Waals surface area contributed by atoms with E-state index in [1.165, 1.54) is 0 Å². The van der Waals surface area contributed by atoms with Crippen LogP contribution in [0.25, 0.3) is 0 Å². The first-order valence-corrected chi connectivity index (χ1v) is 9.02. The Morgan fingerprint density at radius 3 is 2.62 bits per heavy atom. The number of hydrogen-bond acceptors (Lipinski definition) is 3. The molecular formula is C15H22N2O2S2. The Kier molecular flexibility index (Phi) is 4.70. The van der Waals surface area contributed by atoms with Crippen molar-refractivity contribution < 1.29 is 8.42 Å². The van der Waals surface area contributed by atoms with Gasteiger partial charge in [0.1, 0.15) is 4.99 Å². The van der Waals surface area contributed by atoms with Gasteiger partial charge >= 0.3 is 0 Å². The van der Waals surface area contributed by atoms with E-state index < -0.39 is 10.0 Å². The van der Waals surface area contributed by atoms with Crippen molar-refractivity contribution in [2.24, 2.45) is 11.7 Å². The Labute approximate surface area is 132 Å². The Bertz CT molecular complexity index is 654. The van der Waals surface area contributed by atoms with Crippen LogP contribution in [0.2, 0.25) is 0 Å². The standard InChI is InChI=1S/C15H22N2O2S2/c1-10(2)14-5-4-8-17(14)21(18,19)12-6-7-13(15(16)20)11(3)9-12/h6-7,9-10,14H,4-5,8H2,1-3H3,(H2,16,20). The van der Waals surface area contributed by atoms with E-state index in [0.717, 1.165) is 24.0 Å². The van der Waals surface area contributed by atoms with Gasteiger partial charge in [0.25, 0.3) is 0 Å². The number of thiocarbonyl (C=S) groups is 1. The fourth-order valence-corrected chi connectivity index (χ4v) is 5.08. The smallest absolute Gasteiger partial charge is 0.243 e. The maximum atomic E-state index is 12.8. The molecule has 116 valence electrons. The SMILES string of the molecule is Cc1cc(S(=O)(=O)N2CCCC2C(C)C)ccc1C(N)=S. The number of nitrogens with zero attached hydrogens (tertiary/aromatic N) is 1. The summed E-state index contributed by atoms with van der Waals surface area (Å²) in [7, 11) is -3.45. The molecule has 1 aromatic carbocycles. The van der Waals surface area contributed by atoms with Crippen LogP contribution in [0, 0.1) is 12.8 Å². The molecule has 0 radical (unpaired) electrons. The summed E-state index contributed by atoms with van der Waals surface area (Å²) in [6, 6.07) is 5.06. The molecule has 1 saturated heterocycles. The zero-order chi connectivity index (χ0) is 15.8. The summed E-state index contributed by atoms with van der Waals surface area (Å²) in [4.78, 5) is 0.616. The molecule has 0 saturated carbocycles. The minimum Gasteiger partial charge on any atom is -0.389 e. The van der Waals surface area contributed by atoms with E-state index in [0.29, 0.717) is 17.4 Å². The zero-order valence-corrected chi connectivity index (χ0v) is 14.3. The van der Waals surface area contributed by atoms with Crippen LogP contribution in [0.4, 0.5) is 0 Å². The van der Waals surface area contributed by atoms with E-state index in [-0.39, 0.29) is 11.0 Å². The van der Waals surface area contributed by atoms with E-state index >= 15 is 0 Å². The van der Waals surface area contributed by atoms with Gasteiger partial charge in [0, 0.05) is 18.2 Å². The maximum absolute atomic E-state index is 12.8. The molecular weight excluding hydrogens is 304 g/mol. The van der Waals surface area contributed by atoms with Crippen LogP contribution in [0.5, 0.6) is 0 Å². The predicted octanol–water partition coefficient (Wildman–Crippen LogP) is 2.44. The summed E-state index contributed by atoms with van der Waals surface area (Å²) >= 11 is 4.96. The van der Waals surface area contributed by atoms with Crippen molar-refractivity contribution in [2.75, 3.05) is 6.54 Å². The summed E-state index contributed by atoms with van der Waals surface area (Å²) in [6.45, 7) is 6.57. The molecule has 1 aliphatic rings. The molecule has 1 atom stereocenters. The number of aryl methyl sites for hydroxylation is 1. The quantitative estimate of drug-likeness (QED) is 0.863. The van der Waals surface area contributed by atoms with Gasteiger partial charge in [0.2, 0.25) is 10.0 Å². The van der Waals surface area contributed by atoms with Crippen LogP contribution in [-0.4, -0.2) is 30.3 Å². The van der Waals surface area contributed by atoms with Gasteiger partial charge in [-0.25, -0.2) is 8.42 Å². The van der Waals surface area contributed by atoms with Crippen molar-refractivity contribution in [1.82, 2.24) is 4.31 Å². The minimum atomic E-state index is -3.45. The van der Waals surface area contributed by atoms with Gasteiger partial charge in [-0.3, -0.25) is 0 Å². The first-order valence-electron chi connectivity index (χ1n) is 7.17. The number of hydrogen-bond donors (Lipinski definition) is 1. The zero-order valence-electron chi connectivity index (χ0n) is 12.7. The first kappa shape index (κ1) is 16.4. The lowest BCUT2D eigenvalue weighted by atomic mass is 10.0. The largest absolute Gasteiger partial charge is 0.389 e. The molecule has 1 heterocycles. The lowest BCUT2D eigenvalue weighted by molar-refractivity contribution is 0.316. The summed E-state index contributed by atoms with van der Waals surface area (Å²) in [5, 5.41) is 0. The Balaban J connectivity index is 2.40. The molecule has 0 aromatic heterocycles. The molecule has 0 amide bonds.